The van der Waals surface area contributed by atoms with Gasteiger partial charge in [-0.25, -0.2) is 0 Å². The van der Waals surface area contributed by atoms with Gasteiger partial charge in [0.05, 0.1) is 12.7 Å². The van der Waals surface area contributed by atoms with Crippen molar-refractivity contribution in [3.8, 4) is 11.4 Å². The maximum Gasteiger partial charge on any atom is 0.324 e. The predicted molar refractivity (Wildman–Crippen MR) is 77.4 cm³/mol. The van der Waals surface area contributed by atoms with E-state index in [2.05, 4.69) is 10.1 Å². The first-order valence-electron chi connectivity index (χ1n) is 6.28. The zero-order valence-corrected chi connectivity index (χ0v) is 12.4. The molecule has 1 aliphatic rings. The molecule has 1 fully saturated rings. The van der Waals surface area contributed by atoms with E-state index in [0.717, 1.165) is 18.7 Å². The number of anilines is 1. The second-order valence-electron chi connectivity index (χ2n) is 4.69. The van der Waals surface area contributed by atoms with Crippen LogP contribution in [0, 0.1) is 0 Å². The fourth-order valence-electron chi connectivity index (χ4n) is 2.14. The summed E-state index contributed by atoms with van der Waals surface area (Å²) in [6.45, 7) is 4.14. The van der Waals surface area contributed by atoms with Crippen molar-refractivity contribution in [3.05, 3.63) is 28.2 Å². The first-order valence-corrected chi connectivity index (χ1v) is 7.04. The molecule has 1 aliphatic heterocycles. The van der Waals surface area contributed by atoms with Gasteiger partial charge in [-0.15, -0.1) is 0 Å². The van der Waals surface area contributed by atoms with Gasteiger partial charge in [-0.3, -0.25) is 0 Å². The van der Waals surface area contributed by atoms with E-state index < -0.39 is 0 Å². The smallest absolute Gasteiger partial charge is 0.324 e. The summed E-state index contributed by atoms with van der Waals surface area (Å²) in [6, 6.07) is 5.66. The van der Waals surface area contributed by atoms with Gasteiger partial charge in [0.25, 0.3) is 0 Å². The van der Waals surface area contributed by atoms with Crippen LogP contribution in [0.4, 0.5) is 6.01 Å². The first-order chi connectivity index (χ1) is 9.61. The van der Waals surface area contributed by atoms with Crippen molar-refractivity contribution in [1.82, 2.24) is 10.1 Å². The summed E-state index contributed by atoms with van der Waals surface area (Å²) in [5.74, 6) is 0.476. The Bertz CT molecular complexity index is 597. The Morgan fingerprint density at radius 1 is 1.25 bits per heavy atom. The zero-order chi connectivity index (χ0) is 14.1. The largest absolute Gasteiger partial charge is 0.375 e. The van der Waals surface area contributed by atoms with E-state index in [1.165, 1.54) is 0 Å². The molecule has 0 aliphatic carbocycles. The van der Waals surface area contributed by atoms with Crippen molar-refractivity contribution in [3.63, 3.8) is 0 Å². The molecule has 0 saturated carbocycles. The highest BCUT2D eigenvalue weighted by Gasteiger charge is 2.22. The molecule has 1 aromatic heterocycles. The first kappa shape index (κ1) is 13.7. The molecule has 2 heterocycles. The van der Waals surface area contributed by atoms with Crippen molar-refractivity contribution in [2.45, 2.75) is 13.0 Å². The highest BCUT2D eigenvalue weighted by molar-refractivity contribution is 6.35. The van der Waals surface area contributed by atoms with Crippen LogP contribution in [-0.2, 0) is 4.74 Å². The SMILES string of the molecule is CC1CN(c2nc(-c3cc(Cl)cc(Cl)c3)no2)CCO1. The summed E-state index contributed by atoms with van der Waals surface area (Å²) in [4.78, 5) is 6.41. The standard InChI is InChI=1S/C13H13Cl2N3O2/c1-8-7-18(2-3-19-8)13-16-12(17-20-13)9-4-10(14)6-11(15)5-9/h4-6,8H,2-3,7H2,1H3. The van der Waals surface area contributed by atoms with Gasteiger partial charge in [0.1, 0.15) is 0 Å². The normalized spacial score (nSPS) is 19.4. The quantitative estimate of drug-likeness (QED) is 0.851. The number of ether oxygens (including phenoxy) is 1. The Kier molecular flexibility index (Phi) is 3.83. The highest BCUT2D eigenvalue weighted by Crippen LogP contribution is 2.27. The van der Waals surface area contributed by atoms with Crippen molar-refractivity contribution in [2.24, 2.45) is 0 Å². The molecule has 1 aromatic carbocycles. The van der Waals surface area contributed by atoms with E-state index in [-0.39, 0.29) is 6.10 Å². The number of nitrogens with zero attached hydrogens (tertiary/aromatic N) is 3. The van der Waals surface area contributed by atoms with Crippen LogP contribution < -0.4 is 4.90 Å². The number of rotatable bonds is 2. The lowest BCUT2D eigenvalue weighted by Gasteiger charge is -2.29. The third-order valence-corrected chi connectivity index (χ3v) is 3.48. The van der Waals surface area contributed by atoms with Crippen LogP contribution in [0.5, 0.6) is 0 Å². The van der Waals surface area contributed by atoms with Crippen LogP contribution >= 0.6 is 23.2 Å². The molecular weight excluding hydrogens is 301 g/mol. The average Bonchev–Trinajstić information content (AvgIpc) is 2.87. The molecule has 3 rings (SSSR count). The Labute approximate surface area is 126 Å². The molecule has 0 bridgehead atoms. The minimum absolute atomic E-state index is 0.153. The van der Waals surface area contributed by atoms with Crippen LogP contribution in [0.15, 0.2) is 22.7 Å². The Morgan fingerprint density at radius 2 is 2.00 bits per heavy atom. The fraction of sp³-hybridized carbons (Fsp3) is 0.385. The molecule has 5 nitrogen and oxygen atoms in total. The molecule has 1 unspecified atom stereocenters. The van der Waals surface area contributed by atoms with Gasteiger partial charge in [0, 0.05) is 28.7 Å². The van der Waals surface area contributed by atoms with E-state index in [1.807, 2.05) is 11.8 Å². The van der Waals surface area contributed by atoms with Gasteiger partial charge in [0.15, 0.2) is 0 Å². The molecule has 1 saturated heterocycles. The van der Waals surface area contributed by atoms with Gasteiger partial charge in [-0.05, 0) is 25.1 Å². The zero-order valence-electron chi connectivity index (χ0n) is 10.8. The van der Waals surface area contributed by atoms with Crippen LogP contribution in [0.1, 0.15) is 6.92 Å². The van der Waals surface area contributed by atoms with E-state index >= 15 is 0 Å². The van der Waals surface area contributed by atoms with Crippen molar-refractivity contribution >= 4 is 29.2 Å². The summed E-state index contributed by atoms with van der Waals surface area (Å²) < 4.78 is 10.8. The molecule has 106 valence electrons. The Balaban J connectivity index is 1.86. The number of hydrogen-bond acceptors (Lipinski definition) is 5. The molecule has 0 spiro atoms. The number of benzene rings is 1. The molecule has 7 heteroatoms. The van der Waals surface area contributed by atoms with E-state index in [4.69, 9.17) is 32.5 Å². The second kappa shape index (κ2) is 5.60. The molecule has 2 aromatic rings. The topological polar surface area (TPSA) is 51.4 Å². The number of morpholine rings is 1. The van der Waals surface area contributed by atoms with Crippen LogP contribution in [-0.4, -0.2) is 35.9 Å². The minimum atomic E-state index is 0.153. The molecule has 0 amide bonds. The summed E-state index contributed by atoms with van der Waals surface area (Å²) in [7, 11) is 0. The maximum atomic E-state index is 5.98. The molecule has 0 N–H and O–H groups in total. The fourth-order valence-corrected chi connectivity index (χ4v) is 2.66. The predicted octanol–water partition coefficient (Wildman–Crippen LogP) is 3.27. The average molecular weight is 314 g/mol. The van der Waals surface area contributed by atoms with Crippen molar-refractivity contribution in [1.29, 1.82) is 0 Å². The van der Waals surface area contributed by atoms with Crippen molar-refractivity contribution < 1.29 is 9.26 Å². The monoisotopic (exact) mass is 313 g/mol. The third kappa shape index (κ3) is 2.90. The van der Waals surface area contributed by atoms with E-state index in [1.54, 1.807) is 18.2 Å². The van der Waals surface area contributed by atoms with Gasteiger partial charge in [0.2, 0.25) is 5.82 Å². The number of aromatic nitrogens is 2. The molecule has 0 radical (unpaired) electrons. The number of halogens is 2. The Hall–Kier alpha value is -1.30. The van der Waals surface area contributed by atoms with Gasteiger partial charge < -0.3 is 14.2 Å². The van der Waals surface area contributed by atoms with Crippen LogP contribution in [0.3, 0.4) is 0 Å². The lowest BCUT2D eigenvalue weighted by atomic mass is 10.2. The minimum Gasteiger partial charge on any atom is -0.375 e. The summed E-state index contributed by atoms with van der Waals surface area (Å²) in [6.07, 6.45) is 0.153. The summed E-state index contributed by atoms with van der Waals surface area (Å²) in [5, 5.41) is 5.06. The third-order valence-electron chi connectivity index (χ3n) is 3.05. The summed E-state index contributed by atoms with van der Waals surface area (Å²) in [5.41, 5.74) is 0.735. The van der Waals surface area contributed by atoms with E-state index in [9.17, 15) is 0 Å². The summed E-state index contributed by atoms with van der Waals surface area (Å²) >= 11 is 12.0. The van der Waals surface area contributed by atoms with Gasteiger partial charge in [-0.2, -0.15) is 4.98 Å². The van der Waals surface area contributed by atoms with E-state index in [0.29, 0.717) is 28.5 Å². The van der Waals surface area contributed by atoms with Gasteiger partial charge in [-0.1, -0.05) is 28.4 Å². The lowest BCUT2D eigenvalue weighted by molar-refractivity contribution is 0.0509. The molecule has 1 atom stereocenters. The lowest BCUT2D eigenvalue weighted by Crippen LogP contribution is -2.41. The molecule has 20 heavy (non-hydrogen) atoms. The van der Waals surface area contributed by atoms with Crippen LogP contribution in [0.2, 0.25) is 10.0 Å². The van der Waals surface area contributed by atoms with Crippen LogP contribution in [0.25, 0.3) is 11.4 Å². The Morgan fingerprint density at radius 3 is 2.70 bits per heavy atom. The maximum absolute atomic E-state index is 5.98. The second-order valence-corrected chi connectivity index (χ2v) is 5.56. The highest BCUT2D eigenvalue weighted by atomic mass is 35.5. The van der Waals surface area contributed by atoms with Crippen molar-refractivity contribution in [2.75, 3.05) is 24.6 Å². The molecular formula is C13H13Cl2N3O2. The number of hydrogen-bond donors (Lipinski definition) is 0. The van der Waals surface area contributed by atoms with Gasteiger partial charge >= 0.3 is 6.01 Å².